The predicted molar refractivity (Wildman–Crippen MR) is 53.5 cm³/mol. The van der Waals surface area contributed by atoms with Crippen molar-refractivity contribution in [1.82, 2.24) is 0 Å². The third kappa shape index (κ3) is 12.6. The Balaban J connectivity index is 0. The van der Waals surface area contributed by atoms with Crippen LogP contribution in [0.2, 0.25) is 0 Å². The molecule has 0 saturated carbocycles. The summed E-state index contributed by atoms with van der Waals surface area (Å²) in [5.41, 5.74) is 0. The molecule has 1 saturated heterocycles. The van der Waals surface area contributed by atoms with Gasteiger partial charge >= 0.3 is 0 Å². The second kappa shape index (κ2) is 13.5. The second-order valence-electron chi connectivity index (χ2n) is 2.70. The van der Waals surface area contributed by atoms with Crippen molar-refractivity contribution in [2.45, 2.75) is 33.6 Å². The highest BCUT2D eigenvalue weighted by molar-refractivity contribution is 4.55. The fourth-order valence-corrected chi connectivity index (χ4v) is 0.815. The number of rotatable bonds is 0. The maximum Gasteiger partial charge on any atom is 0.0468 e. The largest absolute Gasteiger partial charge is 0.388 e. The summed E-state index contributed by atoms with van der Waals surface area (Å²) >= 11 is 0. The normalized spacial score (nSPS) is 16.8. The lowest BCUT2D eigenvalue weighted by atomic mass is 10.0. The zero-order chi connectivity index (χ0) is 9.82. The maximum absolute atomic E-state index is 5.14. The number of ether oxygens (including phenoxy) is 2. The molecule has 0 amide bonds. The van der Waals surface area contributed by atoms with Gasteiger partial charge in [-0.25, -0.2) is 0 Å². The number of hydrogen-bond acceptors (Lipinski definition) is 2. The van der Waals surface area contributed by atoms with Crippen LogP contribution in [0.5, 0.6) is 0 Å². The van der Waals surface area contributed by atoms with Crippen LogP contribution >= 0.6 is 0 Å². The van der Waals surface area contributed by atoms with Gasteiger partial charge in [0.15, 0.2) is 0 Å². The van der Waals surface area contributed by atoms with Crippen LogP contribution in [0.4, 0.5) is 0 Å². The molecule has 1 rings (SSSR count). The molecule has 0 radical (unpaired) electrons. The molecule has 0 spiro atoms. The van der Waals surface area contributed by atoms with Crippen molar-refractivity contribution >= 4 is 0 Å². The molecule has 0 unspecified atom stereocenters. The second-order valence-corrected chi connectivity index (χ2v) is 2.70. The van der Waals surface area contributed by atoms with Crippen molar-refractivity contribution in [2.75, 3.05) is 27.4 Å². The lowest BCUT2D eigenvalue weighted by molar-refractivity contribution is 0.0716. The van der Waals surface area contributed by atoms with E-state index in [0.717, 1.165) is 19.1 Å². The Bertz CT molecular complexity index is 58.9. The first-order chi connectivity index (χ1) is 5.81. The quantitative estimate of drug-likeness (QED) is 0.565. The van der Waals surface area contributed by atoms with E-state index in [0.29, 0.717) is 0 Å². The minimum absolute atomic E-state index is 0.911. The van der Waals surface area contributed by atoms with Gasteiger partial charge in [-0.05, 0) is 18.8 Å². The fourth-order valence-electron chi connectivity index (χ4n) is 0.815. The molecule has 0 aromatic rings. The van der Waals surface area contributed by atoms with Gasteiger partial charge in [0.1, 0.15) is 0 Å². The van der Waals surface area contributed by atoms with Crippen LogP contribution in [0.1, 0.15) is 33.6 Å². The summed E-state index contributed by atoms with van der Waals surface area (Å²) in [5.74, 6) is 0.911. The van der Waals surface area contributed by atoms with Crippen molar-refractivity contribution in [1.29, 1.82) is 0 Å². The topological polar surface area (TPSA) is 18.5 Å². The highest BCUT2D eigenvalue weighted by Gasteiger charge is 2.06. The summed E-state index contributed by atoms with van der Waals surface area (Å²) in [4.78, 5) is 0. The standard InChI is InChI=1S/C6H12O.C2H6O.C2H6/c1-6-2-4-7-5-3-6;1-3-2;1-2/h6H,2-5H2,1H3;1-2H3;1-2H3. The summed E-state index contributed by atoms with van der Waals surface area (Å²) in [6.45, 7) is 8.25. The Morgan fingerprint density at radius 1 is 1.08 bits per heavy atom. The molecule has 0 aromatic heterocycles. The number of methoxy groups -OCH3 is 1. The third-order valence-electron chi connectivity index (χ3n) is 1.51. The van der Waals surface area contributed by atoms with E-state index in [-0.39, 0.29) is 0 Å². The van der Waals surface area contributed by atoms with Crippen molar-refractivity contribution in [3.63, 3.8) is 0 Å². The van der Waals surface area contributed by atoms with Gasteiger partial charge in [0.25, 0.3) is 0 Å². The Morgan fingerprint density at radius 2 is 1.42 bits per heavy atom. The SMILES string of the molecule is CC.CC1CCOCC1.COC. The van der Waals surface area contributed by atoms with E-state index < -0.39 is 0 Å². The minimum Gasteiger partial charge on any atom is -0.388 e. The fraction of sp³-hybridized carbons (Fsp3) is 1.00. The van der Waals surface area contributed by atoms with Crippen LogP contribution in [-0.4, -0.2) is 27.4 Å². The van der Waals surface area contributed by atoms with Gasteiger partial charge in [0.05, 0.1) is 0 Å². The van der Waals surface area contributed by atoms with E-state index in [4.69, 9.17) is 4.74 Å². The molecule has 1 heterocycles. The van der Waals surface area contributed by atoms with Gasteiger partial charge in [-0.2, -0.15) is 0 Å². The van der Waals surface area contributed by atoms with Crippen LogP contribution in [0.25, 0.3) is 0 Å². The van der Waals surface area contributed by atoms with Gasteiger partial charge in [0.2, 0.25) is 0 Å². The first-order valence-electron chi connectivity index (χ1n) is 4.79. The zero-order valence-corrected chi connectivity index (χ0v) is 9.22. The molecule has 12 heavy (non-hydrogen) atoms. The predicted octanol–water partition coefficient (Wildman–Crippen LogP) is 2.72. The average Bonchev–Trinajstić information content (AvgIpc) is 2.11. The first-order valence-corrected chi connectivity index (χ1v) is 4.79. The van der Waals surface area contributed by atoms with Gasteiger partial charge in [-0.15, -0.1) is 0 Å². The molecule has 1 aliphatic heterocycles. The molecular formula is C10H24O2. The Morgan fingerprint density at radius 3 is 1.58 bits per heavy atom. The Hall–Kier alpha value is -0.0800. The molecule has 1 aliphatic rings. The van der Waals surface area contributed by atoms with Crippen LogP contribution in [-0.2, 0) is 9.47 Å². The smallest absolute Gasteiger partial charge is 0.0468 e. The summed E-state index contributed by atoms with van der Waals surface area (Å²) in [7, 11) is 3.25. The van der Waals surface area contributed by atoms with E-state index >= 15 is 0 Å². The monoisotopic (exact) mass is 176 g/mol. The van der Waals surface area contributed by atoms with Crippen LogP contribution in [0.15, 0.2) is 0 Å². The molecule has 0 atom stereocenters. The third-order valence-corrected chi connectivity index (χ3v) is 1.51. The van der Waals surface area contributed by atoms with Gasteiger partial charge in [-0.3, -0.25) is 0 Å². The molecule has 76 valence electrons. The van der Waals surface area contributed by atoms with E-state index in [1.165, 1.54) is 12.8 Å². The van der Waals surface area contributed by atoms with Crippen LogP contribution in [0, 0.1) is 5.92 Å². The molecule has 0 aromatic carbocycles. The van der Waals surface area contributed by atoms with Crippen molar-refractivity contribution in [3.8, 4) is 0 Å². The van der Waals surface area contributed by atoms with Crippen molar-refractivity contribution < 1.29 is 9.47 Å². The molecule has 0 bridgehead atoms. The highest BCUT2D eigenvalue weighted by atomic mass is 16.5. The van der Waals surface area contributed by atoms with Crippen LogP contribution in [0.3, 0.4) is 0 Å². The summed E-state index contributed by atoms with van der Waals surface area (Å²) in [6, 6.07) is 0. The zero-order valence-electron chi connectivity index (χ0n) is 9.22. The van der Waals surface area contributed by atoms with Gasteiger partial charge in [0, 0.05) is 27.4 Å². The van der Waals surface area contributed by atoms with E-state index in [1.54, 1.807) is 14.2 Å². The molecule has 0 N–H and O–H groups in total. The van der Waals surface area contributed by atoms with E-state index in [2.05, 4.69) is 11.7 Å². The molecular weight excluding hydrogens is 152 g/mol. The highest BCUT2D eigenvalue weighted by Crippen LogP contribution is 2.11. The first kappa shape index (κ1) is 14.4. The Kier molecular flexibility index (Phi) is 16.3. The lowest BCUT2D eigenvalue weighted by Gasteiger charge is -2.16. The van der Waals surface area contributed by atoms with Gasteiger partial charge in [-0.1, -0.05) is 20.8 Å². The maximum atomic E-state index is 5.14. The molecule has 2 nitrogen and oxygen atoms in total. The molecule has 1 fully saturated rings. The molecule has 0 aliphatic carbocycles. The van der Waals surface area contributed by atoms with E-state index in [9.17, 15) is 0 Å². The summed E-state index contributed by atoms with van der Waals surface area (Å²) in [6.07, 6.45) is 2.53. The lowest BCUT2D eigenvalue weighted by Crippen LogP contribution is -2.12. The van der Waals surface area contributed by atoms with Gasteiger partial charge < -0.3 is 9.47 Å². The minimum atomic E-state index is 0.911. The summed E-state index contributed by atoms with van der Waals surface area (Å²) in [5, 5.41) is 0. The summed E-state index contributed by atoms with van der Waals surface area (Å²) < 4.78 is 9.39. The number of hydrogen-bond donors (Lipinski definition) is 0. The average molecular weight is 176 g/mol. The van der Waals surface area contributed by atoms with Crippen LogP contribution < -0.4 is 0 Å². The molecule has 2 heteroatoms. The Labute approximate surface area is 77.3 Å². The van der Waals surface area contributed by atoms with Crippen molar-refractivity contribution in [2.24, 2.45) is 5.92 Å². The van der Waals surface area contributed by atoms with Crippen molar-refractivity contribution in [3.05, 3.63) is 0 Å². The van der Waals surface area contributed by atoms with E-state index in [1.807, 2.05) is 13.8 Å².